The lowest BCUT2D eigenvalue weighted by Gasteiger charge is -2.33. The monoisotopic (exact) mass is 699 g/mol. The van der Waals surface area contributed by atoms with Crippen LogP contribution in [0.3, 0.4) is 0 Å². The Morgan fingerprint density at radius 1 is 0.939 bits per heavy atom. The van der Waals surface area contributed by atoms with Crippen LogP contribution in [-0.2, 0) is 9.84 Å². The maximum Gasteiger partial charge on any atom is 0.288 e. The Morgan fingerprint density at radius 2 is 1.63 bits per heavy atom. The number of nitrogens with one attached hydrogen (secondary N) is 1. The van der Waals surface area contributed by atoms with E-state index in [0.717, 1.165) is 0 Å². The van der Waals surface area contributed by atoms with Gasteiger partial charge in [-0.15, -0.1) is 0 Å². The zero-order valence-corrected chi connectivity index (χ0v) is 28.5. The lowest BCUT2D eigenvalue weighted by atomic mass is 10.1. The van der Waals surface area contributed by atoms with Crippen molar-refractivity contribution < 1.29 is 46.2 Å². The predicted molar refractivity (Wildman–Crippen MR) is 179 cm³/mol. The summed E-state index contributed by atoms with van der Waals surface area (Å²) in [5, 5.41) is 13.6. The number of sulfone groups is 1. The molecule has 16 heteroatoms. The number of nitro benzene ring substituents is 1. The van der Waals surface area contributed by atoms with Crippen LogP contribution in [0.2, 0.25) is 0 Å². The molecule has 0 amide bonds. The Bertz CT molecular complexity index is 1990. The summed E-state index contributed by atoms with van der Waals surface area (Å²) in [5.41, 5.74) is -0.344. The third-order valence-electron chi connectivity index (χ3n) is 8.11. The molecule has 49 heavy (non-hydrogen) atoms. The van der Waals surface area contributed by atoms with Crippen molar-refractivity contribution in [1.29, 1.82) is 0 Å². The van der Waals surface area contributed by atoms with Gasteiger partial charge in [-0.2, -0.15) is 0 Å². The SMILES string of the molecule is COc1cc(OC)c2c(=O)c(OCCCN3CCNC(S(=O)(=O)c4ccccc4[N+](=O)[O-])C3)c(-c3cc(OC)c(OC)c(OC)c3)oc2c1. The van der Waals surface area contributed by atoms with Crippen LogP contribution in [0.4, 0.5) is 5.69 Å². The second-order valence-electron chi connectivity index (χ2n) is 10.9. The molecular formula is C33H37N3O12S. The van der Waals surface area contributed by atoms with E-state index in [2.05, 4.69) is 5.32 Å². The van der Waals surface area contributed by atoms with E-state index in [0.29, 0.717) is 54.6 Å². The van der Waals surface area contributed by atoms with Crippen molar-refractivity contribution in [3.8, 4) is 45.8 Å². The van der Waals surface area contributed by atoms with Crippen LogP contribution in [0, 0.1) is 10.1 Å². The summed E-state index contributed by atoms with van der Waals surface area (Å²) in [4.78, 5) is 26.5. The van der Waals surface area contributed by atoms with Crippen molar-refractivity contribution in [1.82, 2.24) is 10.2 Å². The Kier molecular flexibility index (Phi) is 10.8. The van der Waals surface area contributed by atoms with Gasteiger partial charge in [0, 0.05) is 49.9 Å². The Morgan fingerprint density at radius 3 is 2.27 bits per heavy atom. The molecular weight excluding hydrogens is 662 g/mol. The molecule has 1 aliphatic rings. The zero-order chi connectivity index (χ0) is 35.3. The number of piperazine rings is 1. The number of hydrogen-bond donors (Lipinski definition) is 1. The molecule has 1 atom stereocenters. The van der Waals surface area contributed by atoms with Gasteiger partial charge in [0.1, 0.15) is 32.7 Å². The van der Waals surface area contributed by atoms with E-state index in [1.807, 2.05) is 4.90 Å². The largest absolute Gasteiger partial charge is 0.496 e. The van der Waals surface area contributed by atoms with E-state index in [1.54, 1.807) is 24.3 Å². The molecule has 262 valence electrons. The quantitative estimate of drug-likeness (QED) is 0.114. The van der Waals surface area contributed by atoms with Gasteiger partial charge >= 0.3 is 0 Å². The van der Waals surface area contributed by atoms with Crippen molar-refractivity contribution in [3.63, 3.8) is 0 Å². The van der Waals surface area contributed by atoms with Gasteiger partial charge in [-0.25, -0.2) is 8.42 Å². The number of hydrogen-bond acceptors (Lipinski definition) is 14. The zero-order valence-electron chi connectivity index (χ0n) is 27.6. The summed E-state index contributed by atoms with van der Waals surface area (Å²) >= 11 is 0. The summed E-state index contributed by atoms with van der Waals surface area (Å²) in [6.45, 7) is 1.48. The summed E-state index contributed by atoms with van der Waals surface area (Å²) in [6, 6.07) is 11.7. The predicted octanol–water partition coefficient (Wildman–Crippen LogP) is 3.89. The fourth-order valence-electron chi connectivity index (χ4n) is 5.70. The number of benzene rings is 3. The third-order valence-corrected chi connectivity index (χ3v) is 10.1. The van der Waals surface area contributed by atoms with Gasteiger partial charge in [0.05, 0.1) is 47.1 Å². The van der Waals surface area contributed by atoms with Crippen LogP contribution in [0.25, 0.3) is 22.3 Å². The van der Waals surface area contributed by atoms with Gasteiger partial charge in [-0.1, -0.05) is 12.1 Å². The Balaban J connectivity index is 1.42. The normalized spacial score (nSPS) is 15.1. The molecule has 1 aliphatic heterocycles. The summed E-state index contributed by atoms with van der Waals surface area (Å²) in [6.07, 6.45) is 0.407. The first-order valence-electron chi connectivity index (χ1n) is 15.2. The molecule has 1 N–H and O–H groups in total. The van der Waals surface area contributed by atoms with Gasteiger partial charge in [0.2, 0.25) is 26.8 Å². The van der Waals surface area contributed by atoms with Crippen LogP contribution in [0.1, 0.15) is 6.42 Å². The standard InChI is InChI=1S/C33H37N3O12S/c1-42-21-17-23(43-2)29-24(18-21)48-31(20-15-25(44-3)32(46-5)26(16-20)45-4)33(30(29)37)47-14-8-12-35-13-11-34-28(19-35)49(40,41)27-10-7-6-9-22(27)36(38)39/h6-7,9-10,15-18,28,34H,8,11-14,19H2,1-5H3. The van der Waals surface area contributed by atoms with E-state index < -0.39 is 31.3 Å². The molecule has 0 bridgehead atoms. The molecule has 0 spiro atoms. The second-order valence-corrected chi connectivity index (χ2v) is 13.0. The average molecular weight is 700 g/mol. The topological polar surface area (TPSA) is 178 Å². The number of rotatable bonds is 14. The van der Waals surface area contributed by atoms with Crippen LogP contribution < -0.4 is 39.2 Å². The highest BCUT2D eigenvalue weighted by molar-refractivity contribution is 7.92. The molecule has 0 aliphatic carbocycles. The highest BCUT2D eigenvalue weighted by Crippen LogP contribution is 2.44. The highest BCUT2D eigenvalue weighted by atomic mass is 32.2. The van der Waals surface area contributed by atoms with Crippen molar-refractivity contribution >= 4 is 26.5 Å². The Hall–Kier alpha value is -5.06. The second kappa shape index (κ2) is 15.0. The first kappa shape index (κ1) is 35.3. The van der Waals surface area contributed by atoms with Crippen molar-refractivity contribution in [2.24, 2.45) is 0 Å². The molecule has 1 unspecified atom stereocenters. The molecule has 0 radical (unpaired) electrons. The summed E-state index contributed by atoms with van der Waals surface area (Å²) in [5.74, 6) is 1.68. The number of methoxy groups -OCH3 is 5. The summed E-state index contributed by atoms with van der Waals surface area (Å²) in [7, 11) is 3.26. The number of nitrogens with zero attached hydrogens (tertiary/aromatic N) is 2. The number of para-hydroxylation sites is 1. The third kappa shape index (κ3) is 7.06. The lowest BCUT2D eigenvalue weighted by molar-refractivity contribution is -0.387. The molecule has 1 saturated heterocycles. The van der Waals surface area contributed by atoms with Crippen LogP contribution in [-0.4, -0.2) is 91.9 Å². The van der Waals surface area contributed by atoms with Gasteiger partial charge < -0.3 is 32.8 Å². The molecule has 15 nitrogen and oxygen atoms in total. The molecule has 3 aromatic carbocycles. The Labute approximate surface area is 282 Å². The fraction of sp³-hybridized carbons (Fsp3) is 0.364. The van der Waals surface area contributed by atoms with E-state index >= 15 is 0 Å². The number of fused-ring (bicyclic) bond motifs is 1. The van der Waals surface area contributed by atoms with E-state index in [9.17, 15) is 23.3 Å². The maximum atomic E-state index is 14.1. The van der Waals surface area contributed by atoms with Gasteiger partial charge in [-0.05, 0) is 24.6 Å². The maximum absolute atomic E-state index is 14.1. The average Bonchev–Trinajstić information content (AvgIpc) is 3.12. The highest BCUT2D eigenvalue weighted by Gasteiger charge is 2.36. The minimum absolute atomic E-state index is 0.0671. The molecule has 1 fully saturated rings. The molecule has 4 aromatic rings. The van der Waals surface area contributed by atoms with E-state index in [1.165, 1.54) is 59.8 Å². The van der Waals surface area contributed by atoms with Gasteiger partial charge in [0.25, 0.3) is 5.69 Å². The smallest absolute Gasteiger partial charge is 0.288 e. The first-order chi connectivity index (χ1) is 23.6. The molecule has 1 aromatic heterocycles. The van der Waals surface area contributed by atoms with Crippen LogP contribution >= 0.6 is 0 Å². The minimum atomic E-state index is -4.06. The number of nitro groups is 1. The van der Waals surface area contributed by atoms with E-state index in [-0.39, 0.29) is 46.3 Å². The summed E-state index contributed by atoms with van der Waals surface area (Å²) < 4.78 is 66.7. The van der Waals surface area contributed by atoms with Crippen LogP contribution in [0.15, 0.2) is 62.6 Å². The van der Waals surface area contributed by atoms with Crippen molar-refractivity contribution in [3.05, 3.63) is 68.9 Å². The first-order valence-corrected chi connectivity index (χ1v) is 16.7. The van der Waals surface area contributed by atoms with Crippen LogP contribution in [0.5, 0.6) is 34.5 Å². The molecule has 5 rings (SSSR count). The fourth-order valence-corrected chi connectivity index (χ4v) is 7.46. The minimum Gasteiger partial charge on any atom is -0.496 e. The molecule has 2 heterocycles. The van der Waals surface area contributed by atoms with Gasteiger partial charge in [0.15, 0.2) is 17.3 Å². The molecule has 0 saturated carbocycles. The van der Waals surface area contributed by atoms with E-state index in [4.69, 9.17) is 32.8 Å². The van der Waals surface area contributed by atoms with Crippen molar-refractivity contribution in [2.45, 2.75) is 16.7 Å². The lowest BCUT2D eigenvalue weighted by Crippen LogP contribution is -2.54. The van der Waals surface area contributed by atoms with Crippen molar-refractivity contribution in [2.75, 3.05) is 68.3 Å². The number of ether oxygens (including phenoxy) is 6. The van der Waals surface area contributed by atoms with Gasteiger partial charge in [-0.3, -0.25) is 25.1 Å².